The van der Waals surface area contributed by atoms with Gasteiger partial charge in [-0.1, -0.05) is 113 Å². The SMILES string of the molecule is Cc1cc2c3c(c1)N(c1cc(-c4cc5ccccc5o4)cc(-c4cc5ccccc5o4)c1)c1cc4c(cc1B3c1cc3c(cc1N2c1cc(-c2cc5ccccc5o2)cc(-c2cc5ccccc5o2)c1)CC(C)(C)C3)CC(C)(C)C4. The molecule has 0 amide bonds. The lowest BCUT2D eigenvalue weighted by Gasteiger charge is -2.45. The van der Waals surface area contributed by atoms with Gasteiger partial charge in [0.25, 0.3) is 6.71 Å². The number of benzene rings is 9. The van der Waals surface area contributed by atoms with Crippen molar-refractivity contribution in [3.8, 4) is 45.3 Å². The molecule has 0 saturated carbocycles. The summed E-state index contributed by atoms with van der Waals surface area (Å²) in [5.41, 5.74) is 25.3. The molecule has 384 valence electrons. The van der Waals surface area contributed by atoms with Crippen molar-refractivity contribution in [3.63, 3.8) is 0 Å². The van der Waals surface area contributed by atoms with Gasteiger partial charge in [0.15, 0.2) is 0 Å². The summed E-state index contributed by atoms with van der Waals surface area (Å²) in [5, 5.41) is 4.27. The third-order valence-electron chi connectivity index (χ3n) is 17.7. The van der Waals surface area contributed by atoms with Crippen LogP contribution in [0.1, 0.15) is 55.5 Å². The number of furan rings is 4. The topological polar surface area (TPSA) is 59.0 Å². The molecule has 0 spiro atoms. The van der Waals surface area contributed by atoms with E-state index in [1.165, 1.54) is 55.6 Å². The van der Waals surface area contributed by atoms with Crippen molar-refractivity contribution in [2.45, 2.75) is 60.3 Å². The lowest BCUT2D eigenvalue weighted by molar-refractivity contribution is 0.392. The summed E-state index contributed by atoms with van der Waals surface area (Å²) in [6.07, 6.45) is 4.10. The molecule has 0 N–H and O–H groups in total. The molecule has 2 aliphatic heterocycles. The molecule has 0 atom stereocenters. The summed E-state index contributed by atoms with van der Waals surface area (Å²) >= 11 is 0. The predicted octanol–water partition coefficient (Wildman–Crippen LogP) is 18.0. The number of para-hydroxylation sites is 4. The molecule has 2 aliphatic carbocycles. The van der Waals surface area contributed by atoms with Gasteiger partial charge >= 0.3 is 0 Å². The Hall–Kier alpha value is -9.20. The maximum absolute atomic E-state index is 6.75. The van der Waals surface area contributed by atoms with E-state index in [0.29, 0.717) is 0 Å². The van der Waals surface area contributed by atoms with Crippen LogP contribution in [0.15, 0.2) is 212 Å². The fourth-order valence-electron chi connectivity index (χ4n) is 14.4. The van der Waals surface area contributed by atoms with Crippen LogP contribution in [0.5, 0.6) is 0 Å². The first-order valence-electron chi connectivity index (χ1n) is 28.2. The molecule has 0 radical (unpaired) electrons. The van der Waals surface area contributed by atoms with E-state index in [4.69, 9.17) is 17.7 Å². The molecule has 13 aromatic rings. The highest BCUT2D eigenvalue weighted by Crippen LogP contribution is 2.51. The highest BCUT2D eigenvalue weighted by atomic mass is 16.3. The van der Waals surface area contributed by atoms with Gasteiger partial charge in [-0.3, -0.25) is 0 Å². The zero-order valence-corrected chi connectivity index (χ0v) is 45.4. The molecule has 0 fully saturated rings. The van der Waals surface area contributed by atoms with Gasteiger partial charge in [0.05, 0.1) is 0 Å². The minimum Gasteiger partial charge on any atom is -0.456 e. The van der Waals surface area contributed by atoms with Crippen LogP contribution >= 0.6 is 0 Å². The molecule has 7 heteroatoms. The Morgan fingerprint density at radius 1 is 0.350 bits per heavy atom. The van der Waals surface area contributed by atoms with Gasteiger partial charge in [0.1, 0.15) is 45.4 Å². The van der Waals surface area contributed by atoms with Crippen LogP contribution in [0.4, 0.5) is 34.1 Å². The predicted molar refractivity (Wildman–Crippen MR) is 328 cm³/mol. The fraction of sp³-hybridized carbons (Fsp3) is 0.151. The third-order valence-corrected chi connectivity index (χ3v) is 17.7. The average Bonchev–Trinajstić information content (AvgIpc) is 4.43. The Balaban J connectivity index is 0.953. The van der Waals surface area contributed by atoms with Crippen LogP contribution < -0.4 is 26.2 Å². The maximum atomic E-state index is 6.75. The molecule has 0 unspecified atom stereocenters. The smallest absolute Gasteiger partial charge is 0.252 e. The Bertz CT molecular complexity index is 4180. The molecule has 9 aromatic carbocycles. The average molecular weight is 1040 g/mol. The molecule has 17 rings (SSSR count). The van der Waals surface area contributed by atoms with Gasteiger partial charge in [-0.15, -0.1) is 0 Å². The van der Waals surface area contributed by atoms with E-state index in [0.717, 1.165) is 138 Å². The monoisotopic (exact) mass is 1030 g/mol. The number of aryl methyl sites for hydroxylation is 1. The second kappa shape index (κ2) is 16.4. The minimum absolute atomic E-state index is 0.0528. The van der Waals surface area contributed by atoms with Crippen molar-refractivity contribution in [2.24, 2.45) is 10.8 Å². The van der Waals surface area contributed by atoms with Crippen molar-refractivity contribution in [2.75, 3.05) is 9.80 Å². The first-order chi connectivity index (χ1) is 38.9. The number of hydrogen-bond acceptors (Lipinski definition) is 6. The zero-order chi connectivity index (χ0) is 53.3. The summed E-state index contributed by atoms with van der Waals surface area (Å²) in [4.78, 5) is 5.15. The van der Waals surface area contributed by atoms with Gasteiger partial charge in [0, 0.05) is 77.9 Å². The van der Waals surface area contributed by atoms with Crippen molar-refractivity contribution in [1.82, 2.24) is 0 Å². The highest BCUT2D eigenvalue weighted by Gasteiger charge is 2.46. The summed E-state index contributed by atoms with van der Waals surface area (Å²) in [5.74, 6) is 3.24. The van der Waals surface area contributed by atoms with Crippen molar-refractivity contribution in [1.29, 1.82) is 0 Å². The second-order valence-electron chi connectivity index (χ2n) is 24.8. The van der Waals surface area contributed by atoms with E-state index < -0.39 is 0 Å². The number of nitrogens with zero attached hydrogens (tertiary/aromatic N) is 2. The molecule has 80 heavy (non-hydrogen) atoms. The molecule has 4 aromatic heterocycles. The Morgan fingerprint density at radius 3 is 0.988 bits per heavy atom. The Morgan fingerprint density at radius 2 is 0.662 bits per heavy atom. The molecule has 6 nitrogen and oxygen atoms in total. The number of rotatable bonds is 6. The number of hydrogen-bond donors (Lipinski definition) is 0. The molecule has 0 saturated heterocycles. The van der Waals surface area contributed by atoms with E-state index in [-0.39, 0.29) is 17.5 Å². The third kappa shape index (κ3) is 7.12. The van der Waals surface area contributed by atoms with Crippen LogP contribution in [0.2, 0.25) is 0 Å². The van der Waals surface area contributed by atoms with E-state index in [1.54, 1.807) is 0 Å². The van der Waals surface area contributed by atoms with Gasteiger partial charge in [0.2, 0.25) is 0 Å². The van der Waals surface area contributed by atoms with Crippen LogP contribution in [0.3, 0.4) is 0 Å². The van der Waals surface area contributed by atoms with Crippen LogP contribution in [-0.2, 0) is 25.7 Å². The van der Waals surface area contributed by atoms with Crippen LogP contribution in [-0.4, -0.2) is 6.71 Å². The van der Waals surface area contributed by atoms with Gasteiger partial charge in [-0.2, -0.15) is 0 Å². The minimum atomic E-state index is -0.0528. The quantitative estimate of drug-likeness (QED) is 0.155. The highest BCUT2D eigenvalue weighted by molar-refractivity contribution is 7.00. The summed E-state index contributed by atoms with van der Waals surface area (Å²) in [6.45, 7) is 11.9. The first-order valence-corrected chi connectivity index (χ1v) is 28.2. The first kappa shape index (κ1) is 45.8. The fourth-order valence-corrected chi connectivity index (χ4v) is 14.4. The molecule has 4 aliphatic rings. The van der Waals surface area contributed by atoms with E-state index >= 15 is 0 Å². The molecule has 0 bridgehead atoms. The number of anilines is 6. The Kier molecular flexibility index (Phi) is 9.41. The lowest BCUT2D eigenvalue weighted by Crippen LogP contribution is -2.61. The van der Waals surface area contributed by atoms with Crippen molar-refractivity contribution < 1.29 is 17.7 Å². The lowest BCUT2D eigenvalue weighted by atomic mass is 9.33. The van der Waals surface area contributed by atoms with E-state index in [9.17, 15) is 0 Å². The van der Waals surface area contributed by atoms with Crippen molar-refractivity contribution in [3.05, 3.63) is 222 Å². The zero-order valence-electron chi connectivity index (χ0n) is 45.4. The normalized spacial score (nSPS) is 15.5. The summed E-state index contributed by atoms with van der Waals surface area (Å²) in [7, 11) is 0. The van der Waals surface area contributed by atoms with Gasteiger partial charge in [-0.25, -0.2) is 0 Å². The summed E-state index contributed by atoms with van der Waals surface area (Å²) in [6, 6.07) is 70.9. The second-order valence-corrected chi connectivity index (χ2v) is 24.8. The van der Waals surface area contributed by atoms with Crippen LogP contribution in [0, 0.1) is 17.8 Å². The summed E-state index contributed by atoms with van der Waals surface area (Å²) < 4.78 is 27.0. The number of fused-ring (bicyclic) bond motifs is 10. The van der Waals surface area contributed by atoms with Gasteiger partial charge < -0.3 is 27.5 Å². The standard InChI is InChI=1S/C73H55BN2O4/c1-42-22-61-71-62(23-42)76(56-28-49(69-36-45-16-8-12-20-65(45)79-69)25-50(29-56)70-37-46-17-9-13-21-66(46)80-70)60-33-54-41-73(4,5)39-52(54)31-58(60)74(71)57-30-51-38-72(2,3)40-53(51)32-59(57)75(61)55-26-47(67-34-43-14-6-10-18-63(43)77-67)24-48(27-55)68-35-44-15-7-11-19-64(44)78-68/h6-37H,38-41H2,1-5H3. The largest absolute Gasteiger partial charge is 0.456 e. The molecular formula is C73H55BN2O4. The Labute approximate surface area is 464 Å². The molecular weight excluding hydrogens is 980 g/mol. The molecule has 6 heterocycles. The van der Waals surface area contributed by atoms with E-state index in [1.807, 2.05) is 24.3 Å². The maximum Gasteiger partial charge on any atom is 0.252 e. The van der Waals surface area contributed by atoms with Crippen LogP contribution in [0.25, 0.3) is 89.2 Å². The van der Waals surface area contributed by atoms with Gasteiger partial charge in [-0.05, 0) is 197 Å². The van der Waals surface area contributed by atoms with Crippen molar-refractivity contribution >= 4 is 101 Å². The van der Waals surface area contributed by atoms with E-state index in [2.05, 4.69) is 214 Å².